The molecule has 0 amide bonds. The van der Waals surface area contributed by atoms with E-state index in [1.807, 2.05) is 0 Å². The van der Waals surface area contributed by atoms with Crippen LogP contribution in [0.25, 0.3) is 11.0 Å². The van der Waals surface area contributed by atoms with Gasteiger partial charge in [0.25, 0.3) is 0 Å². The summed E-state index contributed by atoms with van der Waals surface area (Å²) in [6, 6.07) is 11.9. The highest BCUT2D eigenvalue weighted by Crippen LogP contribution is 2.32. The van der Waals surface area contributed by atoms with E-state index in [0.717, 1.165) is 12.1 Å². The van der Waals surface area contributed by atoms with Crippen LogP contribution in [0.1, 0.15) is 15.9 Å². The van der Waals surface area contributed by atoms with Crippen molar-refractivity contribution in [1.82, 2.24) is 0 Å². The molecule has 0 aliphatic rings. The van der Waals surface area contributed by atoms with Crippen molar-refractivity contribution in [2.24, 2.45) is 0 Å². The molecule has 0 bridgehead atoms. The average Bonchev–Trinajstić information content (AvgIpc) is 3.06. The summed E-state index contributed by atoms with van der Waals surface area (Å²) in [5, 5.41) is 0.252. The molecule has 1 heterocycles. The maximum Gasteiger partial charge on any atom is 0.534 e. The second kappa shape index (κ2) is 6.95. The summed E-state index contributed by atoms with van der Waals surface area (Å²) in [4.78, 5) is 12.3. The molecule has 3 rings (SSSR count). The van der Waals surface area contributed by atoms with Crippen LogP contribution in [0.3, 0.4) is 0 Å². The van der Waals surface area contributed by atoms with E-state index in [9.17, 15) is 26.4 Å². The summed E-state index contributed by atoms with van der Waals surface area (Å²) in [6.07, 6.45) is 1.23. The summed E-state index contributed by atoms with van der Waals surface area (Å²) >= 11 is 0. The highest BCUT2D eigenvalue weighted by molar-refractivity contribution is 7.88. The van der Waals surface area contributed by atoms with Gasteiger partial charge in [-0.2, -0.15) is 21.6 Å². The van der Waals surface area contributed by atoms with Gasteiger partial charge in [0, 0.05) is 5.39 Å². The van der Waals surface area contributed by atoms with Gasteiger partial charge in [-0.05, 0) is 23.8 Å². The predicted molar refractivity (Wildman–Crippen MR) is 87.4 cm³/mol. The van der Waals surface area contributed by atoms with Crippen molar-refractivity contribution < 1.29 is 39.7 Å². The fraction of sp³-hybridized carbons (Fsp3) is 0.118. The fourth-order valence-electron chi connectivity index (χ4n) is 2.18. The number of fused-ring (bicyclic) bond motifs is 1. The van der Waals surface area contributed by atoms with Crippen LogP contribution in [-0.4, -0.2) is 19.9 Å². The Morgan fingerprint density at radius 1 is 1.07 bits per heavy atom. The lowest BCUT2D eigenvalue weighted by molar-refractivity contribution is -0.0500. The maximum atomic E-state index is 12.6. The van der Waals surface area contributed by atoms with E-state index in [4.69, 9.17) is 9.15 Å². The Balaban J connectivity index is 1.94. The second-order valence-electron chi connectivity index (χ2n) is 5.35. The van der Waals surface area contributed by atoms with E-state index in [-0.39, 0.29) is 17.6 Å². The summed E-state index contributed by atoms with van der Waals surface area (Å²) in [5.74, 6) is -1.87. The van der Waals surface area contributed by atoms with Crippen LogP contribution in [0.5, 0.6) is 5.75 Å². The Bertz CT molecular complexity index is 1070. The largest absolute Gasteiger partial charge is 0.534 e. The first kappa shape index (κ1) is 18.8. The smallest absolute Gasteiger partial charge is 0.464 e. The van der Waals surface area contributed by atoms with Crippen molar-refractivity contribution in [1.29, 1.82) is 0 Å². The summed E-state index contributed by atoms with van der Waals surface area (Å²) in [7, 11) is -5.96. The minimum absolute atomic E-state index is 0.151. The second-order valence-corrected chi connectivity index (χ2v) is 6.89. The molecule has 0 radical (unpaired) electrons. The molecular weight excluding hydrogens is 389 g/mol. The first-order valence-electron chi connectivity index (χ1n) is 7.40. The molecule has 0 saturated heterocycles. The topological polar surface area (TPSA) is 82.8 Å². The van der Waals surface area contributed by atoms with Crippen molar-refractivity contribution in [2.45, 2.75) is 12.1 Å². The maximum absolute atomic E-state index is 12.6. The van der Waals surface area contributed by atoms with Crippen molar-refractivity contribution in [3.63, 3.8) is 0 Å². The third-order valence-corrected chi connectivity index (χ3v) is 4.44. The number of furan rings is 1. The predicted octanol–water partition coefficient (Wildman–Crippen LogP) is 4.02. The molecule has 0 unspecified atom stereocenters. The molecular formula is C17H11F3O6S. The first-order chi connectivity index (χ1) is 12.7. The molecule has 2 aromatic carbocycles. The van der Waals surface area contributed by atoms with Crippen LogP contribution in [0, 0.1) is 0 Å². The average molecular weight is 400 g/mol. The SMILES string of the molecule is O=C(OCc1ccccc1)c1cc2occc2cc1OS(=O)(=O)C(F)(F)F. The first-order valence-corrected chi connectivity index (χ1v) is 8.81. The number of ether oxygens (including phenoxy) is 1. The number of carbonyl (C=O) groups excluding carboxylic acids is 1. The number of esters is 1. The van der Waals surface area contributed by atoms with Gasteiger partial charge in [0.1, 0.15) is 17.8 Å². The van der Waals surface area contributed by atoms with Crippen LogP contribution in [0.15, 0.2) is 59.2 Å². The number of rotatable bonds is 5. The summed E-state index contributed by atoms with van der Waals surface area (Å²) < 4.78 is 74.8. The van der Waals surface area contributed by atoms with Crippen molar-refractivity contribution >= 4 is 27.1 Å². The zero-order valence-electron chi connectivity index (χ0n) is 13.4. The van der Waals surface area contributed by atoms with Gasteiger partial charge in [0.15, 0.2) is 5.75 Å². The number of alkyl halides is 3. The standard InChI is InChI=1S/C17H11F3O6S/c18-17(19,20)27(22,23)26-15-8-12-6-7-24-14(12)9-13(15)16(21)25-10-11-4-2-1-3-5-11/h1-9H,10H2. The lowest BCUT2D eigenvalue weighted by Gasteiger charge is -2.13. The molecule has 142 valence electrons. The highest BCUT2D eigenvalue weighted by atomic mass is 32.2. The Labute approximate surface area is 151 Å². The van der Waals surface area contributed by atoms with Gasteiger partial charge in [-0.1, -0.05) is 30.3 Å². The Hall–Kier alpha value is -3.01. The third kappa shape index (κ3) is 4.05. The quantitative estimate of drug-likeness (QED) is 0.366. The minimum Gasteiger partial charge on any atom is -0.464 e. The molecule has 1 aromatic heterocycles. The van der Waals surface area contributed by atoms with Crippen LogP contribution < -0.4 is 4.18 Å². The van der Waals surface area contributed by atoms with E-state index in [1.54, 1.807) is 30.3 Å². The molecule has 0 aliphatic carbocycles. The number of benzene rings is 2. The van der Waals surface area contributed by atoms with Crippen molar-refractivity contribution in [3.8, 4) is 5.75 Å². The number of hydrogen-bond donors (Lipinski definition) is 0. The molecule has 10 heteroatoms. The van der Waals surface area contributed by atoms with Crippen LogP contribution in [0.2, 0.25) is 0 Å². The van der Waals surface area contributed by atoms with Crippen molar-refractivity contribution in [3.05, 3.63) is 65.9 Å². The zero-order chi connectivity index (χ0) is 19.7. The molecule has 0 atom stereocenters. The van der Waals surface area contributed by atoms with Gasteiger partial charge in [0.2, 0.25) is 0 Å². The number of halogens is 3. The molecule has 3 aromatic rings. The third-order valence-electron chi connectivity index (χ3n) is 3.47. The molecule has 0 spiro atoms. The number of hydrogen-bond acceptors (Lipinski definition) is 6. The van der Waals surface area contributed by atoms with Crippen LogP contribution >= 0.6 is 0 Å². The molecule has 0 fully saturated rings. The lowest BCUT2D eigenvalue weighted by Crippen LogP contribution is -2.28. The zero-order valence-corrected chi connectivity index (χ0v) is 14.2. The van der Waals surface area contributed by atoms with Gasteiger partial charge < -0.3 is 13.3 Å². The number of carbonyl (C=O) groups is 1. The Morgan fingerprint density at radius 2 is 1.78 bits per heavy atom. The lowest BCUT2D eigenvalue weighted by atomic mass is 10.1. The summed E-state index contributed by atoms with van der Waals surface area (Å²) in [6.45, 7) is -0.165. The molecule has 27 heavy (non-hydrogen) atoms. The van der Waals surface area contributed by atoms with E-state index in [0.29, 0.717) is 5.56 Å². The summed E-state index contributed by atoms with van der Waals surface area (Å²) in [5.41, 5.74) is -5.38. The highest BCUT2D eigenvalue weighted by Gasteiger charge is 2.49. The molecule has 0 saturated carbocycles. The van der Waals surface area contributed by atoms with Gasteiger partial charge in [-0.3, -0.25) is 0 Å². The Kier molecular flexibility index (Phi) is 4.83. The van der Waals surface area contributed by atoms with Gasteiger partial charge in [-0.15, -0.1) is 0 Å². The van der Waals surface area contributed by atoms with Crippen molar-refractivity contribution in [2.75, 3.05) is 0 Å². The van der Waals surface area contributed by atoms with Gasteiger partial charge >= 0.3 is 21.6 Å². The van der Waals surface area contributed by atoms with Crippen LogP contribution in [-0.2, 0) is 21.5 Å². The van der Waals surface area contributed by atoms with E-state index < -0.39 is 32.9 Å². The minimum atomic E-state index is -5.96. The van der Waals surface area contributed by atoms with Gasteiger partial charge in [-0.25, -0.2) is 4.79 Å². The molecule has 0 N–H and O–H groups in total. The molecule has 0 aliphatic heterocycles. The normalized spacial score (nSPS) is 12.1. The van der Waals surface area contributed by atoms with E-state index >= 15 is 0 Å². The monoisotopic (exact) mass is 400 g/mol. The molecule has 6 nitrogen and oxygen atoms in total. The van der Waals surface area contributed by atoms with E-state index in [2.05, 4.69) is 4.18 Å². The fourth-order valence-corrected chi connectivity index (χ4v) is 2.65. The van der Waals surface area contributed by atoms with Crippen LogP contribution in [0.4, 0.5) is 13.2 Å². The van der Waals surface area contributed by atoms with E-state index in [1.165, 1.54) is 12.3 Å². The Morgan fingerprint density at radius 3 is 2.44 bits per heavy atom. The van der Waals surface area contributed by atoms with Gasteiger partial charge in [0.05, 0.1) is 6.26 Å².